The lowest BCUT2D eigenvalue weighted by Gasteiger charge is -2.38. The van der Waals surface area contributed by atoms with E-state index in [9.17, 15) is 9.90 Å². The number of amides is 1. The van der Waals surface area contributed by atoms with Crippen molar-refractivity contribution in [3.05, 3.63) is 23.4 Å². The lowest BCUT2D eigenvalue weighted by Crippen LogP contribution is -2.50. The fraction of sp³-hybridized carbons (Fsp3) is 0.667. The van der Waals surface area contributed by atoms with Crippen LogP contribution in [0.2, 0.25) is 0 Å². The van der Waals surface area contributed by atoms with Crippen molar-refractivity contribution in [3.63, 3.8) is 0 Å². The highest BCUT2D eigenvalue weighted by atomic mass is 16.3. The van der Waals surface area contributed by atoms with Gasteiger partial charge in [-0.25, -0.2) is 4.99 Å². The molecule has 23 heavy (non-hydrogen) atoms. The molecule has 1 heterocycles. The molecule has 0 spiro atoms. The summed E-state index contributed by atoms with van der Waals surface area (Å²) in [6.45, 7) is 6.13. The number of guanidine groups is 1. The topological polar surface area (TPSA) is 64.9 Å². The summed E-state index contributed by atoms with van der Waals surface area (Å²) in [6.07, 6.45) is 8.38. The van der Waals surface area contributed by atoms with E-state index < -0.39 is 0 Å². The van der Waals surface area contributed by atoms with E-state index in [4.69, 9.17) is 4.99 Å². The van der Waals surface area contributed by atoms with Gasteiger partial charge in [-0.1, -0.05) is 26.8 Å². The Morgan fingerprint density at radius 3 is 2.74 bits per heavy atom. The maximum Gasteiger partial charge on any atom is 0.229 e. The highest BCUT2D eigenvalue weighted by Gasteiger charge is 2.39. The molecule has 1 amide bonds. The van der Waals surface area contributed by atoms with Crippen LogP contribution in [0.3, 0.4) is 0 Å². The highest BCUT2D eigenvalue weighted by molar-refractivity contribution is 6.00. The van der Waals surface area contributed by atoms with Crippen LogP contribution in [0, 0.1) is 11.8 Å². The Balaban J connectivity index is 1.81. The lowest BCUT2D eigenvalue weighted by atomic mass is 9.90. The Hall–Kier alpha value is -1.62. The van der Waals surface area contributed by atoms with E-state index in [1.165, 1.54) is 6.42 Å². The average Bonchev–Trinajstić information content (AvgIpc) is 2.82. The number of hydrogen-bond donors (Lipinski definition) is 2. The number of carbonyl (C=O) groups excluding carboxylic acids is 1. The second-order valence-corrected chi connectivity index (χ2v) is 7.19. The Morgan fingerprint density at radius 1 is 1.43 bits per heavy atom. The standard InChI is InChI=1S/C18H27N3O2/c1-11(2)12(3)17(23)20-18-19-15-8-7-13(10-22)9-16(15)21(18)14-5-4-6-14/h7,9,11-12,14-15,22H,4-6,8,10H2,1-3H3,(H,19,20,23)/t12-,15?/m0/s1. The van der Waals surface area contributed by atoms with Crippen LogP contribution in [0.1, 0.15) is 46.5 Å². The molecule has 0 aromatic carbocycles. The number of nitrogens with one attached hydrogen (secondary N) is 1. The van der Waals surface area contributed by atoms with Crippen molar-refractivity contribution in [2.75, 3.05) is 6.61 Å². The summed E-state index contributed by atoms with van der Waals surface area (Å²) in [5.41, 5.74) is 2.08. The third-order valence-corrected chi connectivity index (χ3v) is 5.33. The van der Waals surface area contributed by atoms with Crippen molar-refractivity contribution in [3.8, 4) is 0 Å². The molecule has 1 aliphatic heterocycles. The van der Waals surface area contributed by atoms with Crippen LogP contribution >= 0.6 is 0 Å². The summed E-state index contributed by atoms with van der Waals surface area (Å²) < 4.78 is 0. The molecule has 3 rings (SSSR count). The van der Waals surface area contributed by atoms with E-state index in [0.29, 0.717) is 17.9 Å². The van der Waals surface area contributed by atoms with Crippen molar-refractivity contribution in [2.24, 2.45) is 16.8 Å². The van der Waals surface area contributed by atoms with Crippen LogP contribution in [0.25, 0.3) is 0 Å². The van der Waals surface area contributed by atoms with Gasteiger partial charge >= 0.3 is 0 Å². The average molecular weight is 317 g/mol. The first-order valence-corrected chi connectivity index (χ1v) is 8.70. The molecule has 2 aliphatic carbocycles. The van der Waals surface area contributed by atoms with Gasteiger partial charge in [-0.15, -0.1) is 0 Å². The lowest BCUT2D eigenvalue weighted by molar-refractivity contribution is -0.124. The number of aliphatic imine (C=N–C) groups is 1. The number of rotatable bonds is 4. The van der Waals surface area contributed by atoms with Gasteiger partial charge in [-0.2, -0.15) is 0 Å². The summed E-state index contributed by atoms with van der Waals surface area (Å²) in [4.78, 5) is 19.4. The molecule has 5 heteroatoms. The molecule has 5 nitrogen and oxygen atoms in total. The molecule has 3 aliphatic rings. The highest BCUT2D eigenvalue weighted by Crippen LogP contribution is 2.36. The van der Waals surface area contributed by atoms with Crippen LogP contribution < -0.4 is 5.32 Å². The predicted octanol–water partition coefficient (Wildman–Crippen LogP) is 2.19. The Labute approximate surface area is 138 Å². The smallest absolute Gasteiger partial charge is 0.229 e. The number of hydrogen-bond acceptors (Lipinski definition) is 4. The van der Waals surface area contributed by atoms with Gasteiger partial charge in [0.05, 0.1) is 12.6 Å². The molecule has 126 valence electrons. The van der Waals surface area contributed by atoms with Crippen molar-refractivity contribution < 1.29 is 9.90 Å². The van der Waals surface area contributed by atoms with E-state index in [1.807, 2.05) is 19.1 Å². The number of carbonyl (C=O) groups is 1. The summed E-state index contributed by atoms with van der Waals surface area (Å²) >= 11 is 0. The normalized spacial score (nSPS) is 25.3. The van der Waals surface area contributed by atoms with Gasteiger partial charge in [-0.05, 0) is 43.3 Å². The van der Waals surface area contributed by atoms with Crippen molar-refractivity contribution in [2.45, 2.75) is 58.5 Å². The zero-order valence-electron chi connectivity index (χ0n) is 14.2. The van der Waals surface area contributed by atoms with Gasteiger partial charge in [0.25, 0.3) is 0 Å². The molecular weight excluding hydrogens is 290 g/mol. The van der Waals surface area contributed by atoms with E-state index >= 15 is 0 Å². The van der Waals surface area contributed by atoms with Crippen LogP contribution in [0.15, 0.2) is 28.4 Å². The molecular formula is C18H27N3O2. The van der Waals surface area contributed by atoms with Crippen molar-refractivity contribution in [1.29, 1.82) is 0 Å². The van der Waals surface area contributed by atoms with Gasteiger partial charge in [0.2, 0.25) is 11.9 Å². The van der Waals surface area contributed by atoms with E-state index in [-0.39, 0.29) is 24.5 Å². The minimum atomic E-state index is -0.0383. The summed E-state index contributed by atoms with van der Waals surface area (Å²) in [7, 11) is 0. The van der Waals surface area contributed by atoms with Gasteiger partial charge in [0, 0.05) is 17.7 Å². The third-order valence-electron chi connectivity index (χ3n) is 5.33. The van der Waals surface area contributed by atoms with E-state index in [1.54, 1.807) is 0 Å². The van der Waals surface area contributed by atoms with Crippen molar-refractivity contribution >= 4 is 11.9 Å². The fourth-order valence-corrected chi connectivity index (χ4v) is 3.17. The molecule has 1 fully saturated rings. The van der Waals surface area contributed by atoms with Gasteiger partial charge in [-0.3, -0.25) is 10.1 Å². The predicted molar refractivity (Wildman–Crippen MR) is 90.7 cm³/mol. The number of aliphatic hydroxyl groups is 1. The molecule has 1 unspecified atom stereocenters. The minimum absolute atomic E-state index is 0.0383. The van der Waals surface area contributed by atoms with Crippen LogP contribution in [0.4, 0.5) is 0 Å². The first-order chi connectivity index (χ1) is 11.0. The molecule has 0 radical (unpaired) electrons. The first kappa shape index (κ1) is 16.2. The molecule has 0 saturated heterocycles. The van der Waals surface area contributed by atoms with Crippen LogP contribution in [-0.2, 0) is 4.79 Å². The number of aliphatic hydroxyl groups excluding tert-OH is 1. The molecule has 0 aromatic rings. The largest absolute Gasteiger partial charge is 0.392 e. The Morgan fingerprint density at radius 2 is 2.17 bits per heavy atom. The zero-order valence-corrected chi connectivity index (χ0v) is 14.2. The quantitative estimate of drug-likeness (QED) is 0.835. The molecule has 0 aromatic heterocycles. The maximum absolute atomic E-state index is 12.4. The van der Waals surface area contributed by atoms with Crippen molar-refractivity contribution in [1.82, 2.24) is 10.2 Å². The third kappa shape index (κ3) is 3.07. The molecule has 0 bridgehead atoms. The molecule has 2 N–H and O–H groups in total. The zero-order chi connectivity index (χ0) is 16.6. The monoisotopic (exact) mass is 317 g/mol. The second-order valence-electron chi connectivity index (χ2n) is 7.19. The number of nitrogens with zero attached hydrogens (tertiary/aromatic N) is 2. The Kier molecular flexibility index (Phi) is 4.57. The van der Waals surface area contributed by atoms with Gasteiger partial charge in [0.1, 0.15) is 0 Å². The van der Waals surface area contributed by atoms with Crippen LogP contribution in [-0.4, -0.2) is 40.6 Å². The fourth-order valence-electron chi connectivity index (χ4n) is 3.17. The molecule has 1 saturated carbocycles. The van der Waals surface area contributed by atoms with Gasteiger partial charge < -0.3 is 10.0 Å². The summed E-state index contributed by atoms with van der Waals surface area (Å²) in [5.74, 6) is 1.01. The maximum atomic E-state index is 12.4. The Bertz CT molecular complexity index is 573. The minimum Gasteiger partial charge on any atom is -0.392 e. The SMILES string of the molecule is CC(C)[C@H](C)C(=O)NC1=NC2CC=C(CO)C=C2N1C1CCC1. The molecule has 2 atom stereocenters. The summed E-state index contributed by atoms with van der Waals surface area (Å²) in [5, 5.41) is 12.5. The van der Waals surface area contributed by atoms with Crippen LogP contribution in [0.5, 0.6) is 0 Å². The van der Waals surface area contributed by atoms with E-state index in [2.05, 4.69) is 24.1 Å². The first-order valence-electron chi connectivity index (χ1n) is 8.70. The van der Waals surface area contributed by atoms with E-state index in [0.717, 1.165) is 30.5 Å². The van der Waals surface area contributed by atoms with Gasteiger partial charge in [0.15, 0.2) is 0 Å². The second kappa shape index (κ2) is 6.48. The summed E-state index contributed by atoms with van der Waals surface area (Å²) in [6, 6.07) is 0.508. The number of fused-ring (bicyclic) bond motifs is 1.